The minimum absolute atomic E-state index is 0.247. The second kappa shape index (κ2) is 7.61. The van der Waals surface area contributed by atoms with Crippen LogP contribution < -0.4 is 11.2 Å². The van der Waals surface area contributed by atoms with Crippen molar-refractivity contribution in [1.29, 1.82) is 0 Å². The Bertz CT molecular complexity index is 899. The molecule has 7 nitrogen and oxygen atoms in total. The Morgan fingerprint density at radius 3 is 2.92 bits per heavy atom. The number of nitrogen functional groups attached to an aromatic ring is 1. The van der Waals surface area contributed by atoms with Gasteiger partial charge < -0.3 is 11.2 Å². The first-order valence-electron chi connectivity index (χ1n) is 6.98. The van der Waals surface area contributed by atoms with Gasteiger partial charge in [-0.05, 0) is 24.4 Å². The van der Waals surface area contributed by atoms with E-state index in [1.165, 1.54) is 40.0 Å². The molecule has 1 amide bonds. The lowest BCUT2D eigenvalue weighted by Crippen LogP contribution is -2.24. The maximum absolute atomic E-state index is 12.3. The van der Waals surface area contributed by atoms with Crippen LogP contribution in [0.25, 0.3) is 10.7 Å². The molecule has 3 heterocycles. The van der Waals surface area contributed by atoms with Gasteiger partial charge in [0.05, 0.1) is 20.2 Å². The van der Waals surface area contributed by atoms with E-state index in [1.807, 2.05) is 17.5 Å². The molecule has 0 bridgehead atoms. The van der Waals surface area contributed by atoms with Crippen LogP contribution in [-0.4, -0.2) is 31.0 Å². The fourth-order valence-electron chi connectivity index (χ4n) is 1.87. The van der Waals surface area contributed by atoms with Crippen molar-refractivity contribution in [3.63, 3.8) is 0 Å². The molecule has 0 aromatic carbocycles. The van der Waals surface area contributed by atoms with Gasteiger partial charge >= 0.3 is 0 Å². The zero-order valence-electron chi connectivity index (χ0n) is 12.8. The van der Waals surface area contributed by atoms with Crippen LogP contribution in [0, 0.1) is 0 Å². The number of halogens is 2. The molecule has 0 aliphatic heterocycles. The summed E-state index contributed by atoms with van der Waals surface area (Å²) in [6.45, 7) is 1.73. The van der Waals surface area contributed by atoms with Crippen molar-refractivity contribution < 1.29 is 4.79 Å². The number of nitrogens with zero attached hydrogens (tertiary/aromatic N) is 4. The summed E-state index contributed by atoms with van der Waals surface area (Å²) in [7, 11) is 0. The van der Waals surface area contributed by atoms with Crippen LogP contribution in [0.15, 0.2) is 34.9 Å². The SMILES string of the molecule is CC(Sc1nnc(-c2cccs2)n1N)C(=O)Nc1ncc(Cl)cc1Cl. The number of carbonyl (C=O) groups excluding carboxylic acids is 1. The van der Waals surface area contributed by atoms with Crippen LogP contribution in [-0.2, 0) is 4.79 Å². The number of carbonyl (C=O) groups is 1. The summed E-state index contributed by atoms with van der Waals surface area (Å²) in [6.07, 6.45) is 1.41. The largest absolute Gasteiger partial charge is 0.335 e. The molecule has 1 unspecified atom stereocenters. The summed E-state index contributed by atoms with van der Waals surface area (Å²) in [5, 5.41) is 13.3. The molecule has 0 aliphatic rings. The van der Waals surface area contributed by atoms with E-state index in [0.29, 0.717) is 16.0 Å². The zero-order valence-corrected chi connectivity index (χ0v) is 16.0. The van der Waals surface area contributed by atoms with Gasteiger partial charge in [-0.3, -0.25) is 4.79 Å². The van der Waals surface area contributed by atoms with Crippen LogP contribution in [0.4, 0.5) is 5.82 Å². The Morgan fingerprint density at radius 2 is 2.24 bits per heavy atom. The number of rotatable bonds is 5. The number of pyridine rings is 1. The average molecular weight is 415 g/mol. The Labute approximate surface area is 161 Å². The minimum atomic E-state index is -0.490. The van der Waals surface area contributed by atoms with E-state index in [4.69, 9.17) is 29.0 Å². The van der Waals surface area contributed by atoms with Gasteiger partial charge in [0.2, 0.25) is 11.1 Å². The highest BCUT2D eigenvalue weighted by atomic mass is 35.5. The maximum Gasteiger partial charge on any atom is 0.238 e. The second-order valence-electron chi connectivity index (χ2n) is 4.89. The van der Waals surface area contributed by atoms with Gasteiger partial charge in [-0.15, -0.1) is 21.5 Å². The Morgan fingerprint density at radius 1 is 1.44 bits per heavy atom. The highest BCUT2D eigenvalue weighted by Crippen LogP contribution is 2.28. The van der Waals surface area contributed by atoms with Crippen molar-refractivity contribution in [2.24, 2.45) is 0 Å². The second-order valence-corrected chi connectivity index (χ2v) is 7.99. The number of nitrogens with two attached hydrogens (primary N) is 1. The first-order chi connectivity index (χ1) is 12.0. The number of thiophene rings is 1. The van der Waals surface area contributed by atoms with Gasteiger partial charge in [-0.25, -0.2) is 9.66 Å². The van der Waals surface area contributed by atoms with Crippen molar-refractivity contribution in [2.45, 2.75) is 17.3 Å². The molecule has 3 aromatic heterocycles. The van der Waals surface area contributed by atoms with Crippen molar-refractivity contribution >= 4 is 58.0 Å². The summed E-state index contributed by atoms with van der Waals surface area (Å²) in [5.74, 6) is 6.54. The highest BCUT2D eigenvalue weighted by Gasteiger charge is 2.21. The van der Waals surface area contributed by atoms with E-state index in [0.717, 1.165) is 4.88 Å². The lowest BCUT2D eigenvalue weighted by molar-refractivity contribution is -0.115. The summed E-state index contributed by atoms with van der Waals surface area (Å²) >= 11 is 14.5. The van der Waals surface area contributed by atoms with Crippen LogP contribution in [0.2, 0.25) is 10.0 Å². The van der Waals surface area contributed by atoms with Crippen LogP contribution in [0.1, 0.15) is 6.92 Å². The average Bonchev–Trinajstić information content (AvgIpc) is 3.20. The molecule has 0 aliphatic carbocycles. The molecule has 0 saturated carbocycles. The normalized spacial score (nSPS) is 12.1. The molecular formula is C14H12Cl2N6OS2. The lowest BCUT2D eigenvalue weighted by atomic mass is 10.4. The van der Waals surface area contributed by atoms with Gasteiger partial charge in [0, 0.05) is 6.20 Å². The predicted molar refractivity (Wildman–Crippen MR) is 102 cm³/mol. The molecule has 3 N–H and O–H groups in total. The predicted octanol–water partition coefficient (Wildman–Crippen LogP) is 3.54. The number of anilines is 1. The van der Waals surface area contributed by atoms with Gasteiger partial charge in [0.15, 0.2) is 11.6 Å². The molecule has 11 heteroatoms. The van der Waals surface area contributed by atoms with Gasteiger partial charge in [-0.1, -0.05) is 41.0 Å². The number of hydrogen-bond acceptors (Lipinski definition) is 7. The molecule has 1 atom stereocenters. The number of amides is 1. The monoisotopic (exact) mass is 414 g/mol. The molecule has 25 heavy (non-hydrogen) atoms. The van der Waals surface area contributed by atoms with Gasteiger partial charge in [0.1, 0.15) is 0 Å². The topological polar surface area (TPSA) is 98.7 Å². The minimum Gasteiger partial charge on any atom is -0.335 e. The lowest BCUT2D eigenvalue weighted by Gasteiger charge is -2.11. The molecule has 0 fully saturated rings. The van der Waals surface area contributed by atoms with Crippen molar-refractivity contribution in [2.75, 3.05) is 11.2 Å². The third kappa shape index (κ3) is 4.06. The van der Waals surface area contributed by atoms with Gasteiger partial charge in [-0.2, -0.15) is 0 Å². The van der Waals surface area contributed by atoms with Crippen LogP contribution in [0.3, 0.4) is 0 Å². The van der Waals surface area contributed by atoms with Crippen molar-refractivity contribution in [3.8, 4) is 10.7 Å². The van der Waals surface area contributed by atoms with Crippen LogP contribution in [0.5, 0.6) is 0 Å². The van der Waals surface area contributed by atoms with Gasteiger partial charge in [0.25, 0.3) is 0 Å². The summed E-state index contributed by atoms with van der Waals surface area (Å²) in [4.78, 5) is 17.2. The summed E-state index contributed by atoms with van der Waals surface area (Å²) < 4.78 is 1.37. The first-order valence-corrected chi connectivity index (χ1v) is 9.50. The molecule has 0 radical (unpaired) electrons. The van der Waals surface area contributed by atoms with E-state index in [2.05, 4.69) is 20.5 Å². The maximum atomic E-state index is 12.3. The number of thioether (sulfide) groups is 1. The quantitative estimate of drug-likeness (QED) is 0.489. The van der Waals surface area contributed by atoms with E-state index >= 15 is 0 Å². The Balaban J connectivity index is 1.69. The van der Waals surface area contributed by atoms with Crippen molar-refractivity contribution in [3.05, 3.63) is 39.8 Å². The first kappa shape index (κ1) is 18.0. The zero-order chi connectivity index (χ0) is 18.0. The van der Waals surface area contributed by atoms with E-state index in [1.54, 1.807) is 6.92 Å². The fraction of sp³-hybridized carbons (Fsp3) is 0.143. The van der Waals surface area contributed by atoms with Crippen molar-refractivity contribution in [1.82, 2.24) is 19.9 Å². The number of aromatic nitrogens is 4. The van der Waals surface area contributed by atoms with E-state index in [-0.39, 0.29) is 16.7 Å². The Hall–Kier alpha value is -1.81. The van der Waals surface area contributed by atoms with E-state index in [9.17, 15) is 4.79 Å². The smallest absolute Gasteiger partial charge is 0.238 e. The molecule has 0 spiro atoms. The fourth-order valence-corrected chi connectivity index (χ4v) is 3.77. The summed E-state index contributed by atoms with van der Waals surface area (Å²) in [6, 6.07) is 5.31. The summed E-state index contributed by atoms with van der Waals surface area (Å²) in [5.41, 5.74) is 0. The molecule has 130 valence electrons. The standard InChI is InChI=1S/C14H12Cl2N6OS2/c1-7(13(23)19-11-9(16)5-8(15)6-18-11)25-14-21-20-12(22(14)17)10-3-2-4-24-10/h2-7H,17H2,1H3,(H,18,19,23). The van der Waals surface area contributed by atoms with Crippen LogP contribution >= 0.6 is 46.3 Å². The highest BCUT2D eigenvalue weighted by molar-refractivity contribution is 8.00. The number of hydrogen-bond donors (Lipinski definition) is 2. The molecular weight excluding hydrogens is 403 g/mol. The molecule has 0 saturated heterocycles. The number of nitrogens with one attached hydrogen (secondary N) is 1. The third-order valence-corrected chi connectivity index (χ3v) is 5.52. The molecule has 3 rings (SSSR count). The Kier molecular flexibility index (Phi) is 5.48. The van der Waals surface area contributed by atoms with E-state index < -0.39 is 5.25 Å². The third-order valence-electron chi connectivity index (χ3n) is 3.11. The molecule has 3 aromatic rings.